The van der Waals surface area contributed by atoms with Crippen molar-refractivity contribution >= 4 is 11.8 Å². The number of rotatable bonds is 2. The highest BCUT2D eigenvalue weighted by Crippen LogP contribution is 2.24. The van der Waals surface area contributed by atoms with Crippen LogP contribution in [0, 0.1) is 0 Å². The minimum Gasteiger partial charge on any atom is -0.367 e. The highest BCUT2D eigenvalue weighted by molar-refractivity contribution is 5.90. The lowest BCUT2D eigenvalue weighted by molar-refractivity contribution is -0.142. The first-order chi connectivity index (χ1) is 10.8. The van der Waals surface area contributed by atoms with Crippen molar-refractivity contribution in [3.63, 3.8) is 0 Å². The van der Waals surface area contributed by atoms with Crippen molar-refractivity contribution in [2.45, 2.75) is 51.2 Å². The summed E-state index contributed by atoms with van der Waals surface area (Å²) in [5.41, 5.74) is -0.146. The van der Waals surface area contributed by atoms with Crippen molar-refractivity contribution in [3.05, 3.63) is 11.6 Å². The van der Waals surface area contributed by atoms with Gasteiger partial charge in [-0.2, -0.15) is 5.10 Å². The van der Waals surface area contributed by atoms with E-state index in [4.69, 9.17) is 4.74 Å². The van der Waals surface area contributed by atoms with Crippen LogP contribution in [0.5, 0.6) is 0 Å². The largest absolute Gasteiger partial charge is 0.367 e. The molecule has 2 N–H and O–H groups in total. The zero-order chi connectivity index (χ0) is 16.6. The first-order valence-corrected chi connectivity index (χ1v) is 7.97. The van der Waals surface area contributed by atoms with Gasteiger partial charge in [-0.15, -0.1) is 0 Å². The smallest absolute Gasteiger partial charge is 0.245 e. The minimum atomic E-state index is -0.402. The number of hydrogen-bond acceptors (Lipinski definition) is 5. The molecule has 1 aromatic rings. The Morgan fingerprint density at radius 3 is 2.78 bits per heavy atom. The van der Waals surface area contributed by atoms with E-state index >= 15 is 0 Å². The summed E-state index contributed by atoms with van der Waals surface area (Å²) in [5, 5.41) is 9.89. The Bertz CT molecular complexity index is 606. The van der Waals surface area contributed by atoms with E-state index in [1.54, 1.807) is 4.90 Å². The maximum Gasteiger partial charge on any atom is 0.245 e. The van der Waals surface area contributed by atoms with Gasteiger partial charge in [0, 0.05) is 18.4 Å². The van der Waals surface area contributed by atoms with Crippen LogP contribution in [0.1, 0.15) is 51.4 Å². The third-order valence-electron chi connectivity index (χ3n) is 4.15. The molecular formula is C15H23N5O3. The fraction of sp³-hybridized carbons (Fsp3) is 0.733. The van der Waals surface area contributed by atoms with Crippen LogP contribution in [-0.2, 0) is 19.7 Å². The lowest BCUT2D eigenvalue weighted by atomic mass is 9.96. The van der Waals surface area contributed by atoms with Crippen LogP contribution in [0.3, 0.4) is 0 Å². The van der Waals surface area contributed by atoms with Gasteiger partial charge in [-0.05, 0) is 6.42 Å². The minimum absolute atomic E-state index is 0.0419. The first kappa shape index (κ1) is 15.9. The first-order valence-electron chi connectivity index (χ1n) is 7.97. The van der Waals surface area contributed by atoms with Crippen molar-refractivity contribution in [2.24, 2.45) is 0 Å². The number of nitrogens with zero attached hydrogens (tertiary/aromatic N) is 3. The van der Waals surface area contributed by atoms with E-state index in [1.165, 1.54) is 0 Å². The number of aromatic nitrogens is 3. The Balaban J connectivity index is 1.67. The lowest BCUT2D eigenvalue weighted by Gasteiger charge is -2.33. The summed E-state index contributed by atoms with van der Waals surface area (Å²) in [4.78, 5) is 30.0. The maximum atomic E-state index is 12.5. The summed E-state index contributed by atoms with van der Waals surface area (Å²) < 4.78 is 5.74. The molecule has 8 heteroatoms. The zero-order valence-corrected chi connectivity index (χ0v) is 13.8. The van der Waals surface area contributed by atoms with Gasteiger partial charge in [0.15, 0.2) is 11.6 Å². The highest BCUT2D eigenvalue weighted by Gasteiger charge is 2.35. The second-order valence-corrected chi connectivity index (χ2v) is 7.10. The standard InChI is InChI=1S/C15H23N5O3/c1-15(2,3)14-17-12(18-19-14)10-8-20(6-7-23-10)13(22)9-4-5-11(21)16-9/h9-10H,4-8H2,1-3H3,(H,16,21)(H,17,18,19)/t9-,10+/m1/s1. The molecule has 23 heavy (non-hydrogen) atoms. The highest BCUT2D eigenvalue weighted by atomic mass is 16.5. The monoisotopic (exact) mass is 321 g/mol. The van der Waals surface area contributed by atoms with E-state index in [0.717, 1.165) is 5.82 Å². The van der Waals surface area contributed by atoms with Gasteiger partial charge in [0.05, 0.1) is 13.2 Å². The third-order valence-corrected chi connectivity index (χ3v) is 4.15. The SMILES string of the molecule is CC(C)(C)c1n[nH]c([C@@H]2CN(C(=O)[C@H]3CCC(=O)N3)CCO2)n1. The number of aromatic amines is 1. The molecule has 2 amide bonds. The number of hydrogen-bond donors (Lipinski definition) is 2. The van der Waals surface area contributed by atoms with Crippen molar-refractivity contribution < 1.29 is 14.3 Å². The average molecular weight is 321 g/mol. The molecule has 2 aliphatic rings. The number of morpholine rings is 1. The Labute approximate surface area is 135 Å². The van der Waals surface area contributed by atoms with Crippen LogP contribution in [0.2, 0.25) is 0 Å². The summed E-state index contributed by atoms with van der Waals surface area (Å²) >= 11 is 0. The van der Waals surface area contributed by atoms with Gasteiger partial charge in [0.1, 0.15) is 12.1 Å². The molecule has 0 aliphatic carbocycles. The molecule has 0 unspecified atom stereocenters. The fourth-order valence-electron chi connectivity index (χ4n) is 2.79. The molecule has 2 aliphatic heterocycles. The molecule has 3 heterocycles. The number of amides is 2. The molecule has 8 nitrogen and oxygen atoms in total. The molecule has 2 atom stereocenters. The third kappa shape index (κ3) is 3.36. The normalized spacial score (nSPS) is 25.5. The summed E-state index contributed by atoms with van der Waals surface area (Å²) in [7, 11) is 0. The van der Waals surface area contributed by atoms with Gasteiger partial charge in [0.25, 0.3) is 0 Å². The van der Waals surface area contributed by atoms with Gasteiger partial charge in [-0.1, -0.05) is 20.8 Å². The maximum absolute atomic E-state index is 12.5. The number of ether oxygens (including phenoxy) is 1. The van der Waals surface area contributed by atoms with Crippen molar-refractivity contribution in [2.75, 3.05) is 19.7 Å². The molecule has 2 saturated heterocycles. The van der Waals surface area contributed by atoms with Crippen LogP contribution in [0.4, 0.5) is 0 Å². The van der Waals surface area contributed by atoms with Crippen molar-refractivity contribution in [3.8, 4) is 0 Å². The molecular weight excluding hydrogens is 298 g/mol. The van der Waals surface area contributed by atoms with Gasteiger partial charge >= 0.3 is 0 Å². The predicted molar refractivity (Wildman–Crippen MR) is 81.5 cm³/mol. The van der Waals surface area contributed by atoms with Crippen LogP contribution < -0.4 is 5.32 Å². The van der Waals surface area contributed by atoms with Crippen LogP contribution in [0.25, 0.3) is 0 Å². The van der Waals surface area contributed by atoms with Gasteiger partial charge in [0.2, 0.25) is 11.8 Å². The van der Waals surface area contributed by atoms with Gasteiger partial charge in [-0.3, -0.25) is 14.7 Å². The van der Waals surface area contributed by atoms with E-state index in [-0.39, 0.29) is 23.3 Å². The Hall–Kier alpha value is -1.96. The second-order valence-electron chi connectivity index (χ2n) is 7.10. The molecule has 3 rings (SSSR count). The average Bonchev–Trinajstić information content (AvgIpc) is 3.15. The molecule has 0 spiro atoms. The van der Waals surface area contributed by atoms with Gasteiger partial charge < -0.3 is 15.0 Å². The van der Waals surface area contributed by atoms with E-state index in [9.17, 15) is 9.59 Å². The lowest BCUT2D eigenvalue weighted by Crippen LogP contribution is -2.49. The zero-order valence-electron chi connectivity index (χ0n) is 13.8. The number of H-pyrrole nitrogens is 1. The van der Waals surface area contributed by atoms with Crippen LogP contribution in [0.15, 0.2) is 0 Å². The topological polar surface area (TPSA) is 100 Å². The number of carbonyl (C=O) groups excluding carboxylic acids is 2. The molecule has 126 valence electrons. The molecule has 0 bridgehead atoms. The summed E-state index contributed by atoms with van der Waals surface area (Å²) in [6, 6.07) is -0.402. The van der Waals surface area contributed by atoms with Crippen LogP contribution >= 0.6 is 0 Å². The van der Waals surface area contributed by atoms with Crippen molar-refractivity contribution in [1.82, 2.24) is 25.4 Å². The van der Waals surface area contributed by atoms with E-state index in [0.29, 0.717) is 38.4 Å². The fourth-order valence-corrected chi connectivity index (χ4v) is 2.79. The molecule has 2 fully saturated rings. The second kappa shape index (κ2) is 5.92. The molecule has 0 saturated carbocycles. The Morgan fingerprint density at radius 2 is 2.17 bits per heavy atom. The van der Waals surface area contributed by atoms with E-state index in [2.05, 4.69) is 20.5 Å². The molecule has 0 radical (unpaired) electrons. The van der Waals surface area contributed by atoms with Crippen LogP contribution in [-0.4, -0.2) is 57.6 Å². The Morgan fingerprint density at radius 1 is 1.39 bits per heavy atom. The van der Waals surface area contributed by atoms with E-state index in [1.807, 2.05) is 20.8 Å². The quantitative estimate of drug-likeness (QED) is 0.815. The van der Waals surface area contributed by atoms with Gasteiger partial charge in [-0.25, -0.2) is 4.98 Å². The summed E-state index contributed by atoms with van der Waals surface area (Å²) in [6.07, 6.45) is 0.672. The Kier molecular flexibility index (Phi) is 4.09. The number of carbonyl (C=O) groups is 2. The molecule has 1 aromatic heterocycles. The summed E-state index contributed by atoms with van der Waals surface area (Å²) in [5.74, 6) is 1.27. The summed E-state index contributed by atoms with van der Waals surface area (Å²) in [6.45, 7) is 7.52. The van der Waals surface area contributed by atoms with E-state index < -0.39 is 6.04 Å². The number of nitrogens with one attached hydrogen (secondary N) is 2. The predicted octanol–water partition coefficient (Wildman–Crippen LogP) is 0.281. The van der Waals surface area contributed by atoms with Crippen molar-refractivity contribution in [1.29, 1.82) is 0 Å². The molecule has 0 aromatic carbocycles.